The van der Waals surface area contributed by atoms with Crippen molar-refractivity contribution in [2.24, 2.45) is 0 Å². The molecule has 1 amide bonds. The largest absolute Gasteiger partial charge is 0.471 e. The normalized spacial score (nSPS) is 15.0. The molecule has 0 radical (unpaired) electrons. The van der Waals surface area contributed by atoms with E-state index in [0.717, 1.165) is 7.11 Å². The van der Waals surface area contributed by atoms with Crippen molar-refractivity contribution in [3.63, 3.8) is 0 Å². The lowest BCUT2D eigenvalue weighted by Gasteiger charge is -2.08. The minimum absolute atomic E-state index is 0.0483. The van der Waals surface area contributed by atoms with Gasteiger partial charge in [-0.1, -0.05) is 6.92 Å². The molecule has 0 rings (SSSR count). The van der Waals surface area contributed by atoms with E-state index in [2.05, 4.69) is 14.4 Å². The molecule has 0 aliphatic rings. The van der Waals surface area contributed by atoms with E-state index in [1.54, 1.807) is 6.92 Å². The molecule has 0 spiro atoms. The Labute approximate surface area is 76.8 Å². The quantitative estimate of drug-likeness (QED) is 0.486. The van der Waals surface area contributed by atoms with Crippen LogP contribution in [-0.4, -0.2) is 31.1 Å². The number of hydrogen-bond acceptors (Lipinski definition) is 4. The zero-order valence-electron chi connectivity index (χ0n) is 7.65. The molecule has 0 bridgehead atoms. The summed E-state index contributed by atoms with van der Waals surface area (Å²) in [6.07, 6.45) is 0.376. The van der Waals surface area contributed by atoms with Crippen LogP contribution in [0.3, 0.4) is 0 Å². The number of amides is 1. The summed E-state index contributed by atoms with van der Waals surface area (Å²) in [5, 5.41) is 2.48. The third-order valence-electron chi connectivity index (χ3n) is 1.23. The fourth-order valence-corrected chi connectivity index (χ4v) is 0.957. The molecule has 0 aliphatic heterocycles. The summed E-state index contributed by atoms with van der Waals surface area (Å²) in [4.78, 5) is 19.4. The number of phosphoric ester groups is 1. The summed E-state index contributed by atoms with van der Waals surface area (Å²) >= 11 is 0. The van der Waals surface area contributed by atoms with E-state index in [1.807, 2.05) is 0 Å². The van der Waals surface area contributed by atoms with Crippen LogP contribution in [0.1, 0.15) is 13.3 Å². The Balaban J connectivity index is 3.46. The maximum atomic E-state index is 10.7. The second-order valence-corrected chi connectivity index (χ2v) is 3.75. The maximum absolute atomic E-state index is 10.7. The zero-order chi connectivity index (χ0) is 10.3. The van der Waals surface area contributed by atoms with Crippen molar-refractivity contribution in [2.75, 3.05) is 20.3 Å². The molecule has 0 aromatic heterocycles. The molecule has 0 fully saturated rings. The number of carbonyl (C=O) groups excluding carboxylic acids is 1. The lowest BCUT2D eigenvalue weighted by molar-refractivity contribution is -0.120. The van der Waals surface area contributed by atoms with Crippen LogP contribution in [-0.2, 0) is 18.4 Å². The molecule has 1 unspecified atom stereocenters. The monoisotopic (exact) mass is 211 g/mol. The van der Waals surface area contributed by atoms with Crippen molar-refractivity contribution in [2.45, 2.75) is 13.3 Å². The molecule has 0 aliphatic carbocycles. The average Bonchev–Trinajstić information content (AvgIpc) is 2.12. The lowest BCUT2D eigenvalue weighted by atomic mass is 10.4. The summed E-state index contributed by atoms with van der Waals surface area (Å²) < 4.78 is 19.3. The summed E-state index contributed by atoms with van der Waals surface area (Å²) in [6, 6.07) is 0. The third kappa shape index (κ3) is 6.72. The first-order valence-electron chi connectivity index (χ1n) is 3.81. The van der Waals surface area contributed by atoms with Gasteiger partial charge in [-0.15, -0.1) is 0 Å². The van der Waals surface area contributed by atoms with Crippen LogP contribution < -0.4 is 5.32 Å². The number of rotatable bonds is 6. The van der Waals surface area contributed by atoms with E-state index in [4.69, 9.17) is 4.89 Å². The van der Waals surface area contributed by atoms with Gasteiger partial charge in [-0.05, 0) is 0 Å². The first-order chi connectivity index (χ1) is 6.02. The molecular formula is C6H14NO5P. The standard InChI is InChI=1S/C6H14NO5P/c1-3-6(8)7-4-5-12-13(9,10)11-2/h3-5H2,1-2H3,(H,7,8)(H,9,10). The number of hydrogen-bond donors (Lipinski definition) is 2. The molecule has 0 aromatic rings. The minimum Gasteiger partial charge on any atom is -0.354 e. The molecule has 0 saturated carbocycles. The van der Waals surface area contributed by atoms with Gasteiger partial charge < -0.3 is 10.2 Å². The van der Waals surface area contributed by atoms with Crippen molar-refractivity contribution in [1.82, 2.24) is 5.32 Å². The van der Waals surface area contributed by atoms with Crippen molar-refractivity contribution >= 4 is 13.7 Å². The Morgan fingerprint density at radius 3 is 2.69 bits per heavy atom. The highest BCUT2D eigenvalue weighted by atomic mass is 31.2. The SMILES string of the molecule is CCC(=O)NCCOP(=O)(O)OC. The predicted octanol–water partition coefficient (Wildman–Crippen LogP) is 0.276. The van der Waals surface area contributed by atoms with Gasteiger partial charge in [-0.25, -0.2) is 4.57 Å². The summed E-state index contributed by atoms with van der Waals surface area (Å²) in [7, 11) is -2.82. The van der Waals surface area contributed by atoms with Crippen molar-refractivity contribution in [3.8, 4) is 0 Å². The molecular weight excluding hydrogens is 197 g/mol. The number of carbonyl (C=O) groups is 1. The van der Waals surface area contributed by atoms with Crippen LogP contribution in [0.15, 0.2) is 0 Å². The second-order valence-electron chi connectivity index (χ2n) is 2.19. The van der Waals surface area contributed by atoms with Gasteiger partial charge in [0, 0.05) is 20.1 Å². The Bertz CT molecular complexity index is 207. The van der Waals surface area contributed by atoms with E-state index in [0.29, 0.717) is 6.42 Å². The van der Waals surface area contributed by atoms with Gasteiger partial charge in [0.1, 0.15) is 0 Å². The molecule has 78 valence electrons. The Morgan fingerprint density at radius 1 is 1.62 bits per heavy atom. The number of phosphoric acid groups is 1. The van der Waals surface area contributed by atoms with Gasteiger partial charge in [-0.2, -0.15) is 0 Å². The second kappa shape index (κ2) is 6.10. The van der Waals surface area contributed by atoms with E-state index >= 15 is 0 Å². The smallest absolute Gasteiger partial charge is 0.354 e. The molecule has 0 saturated heterocycles. The minimum atomic E-state index is -3.89. The Kier molecular flexibility index (Phi) is 5.90. The predicted molar refractivity (Wildman–Crippen MR) is 46.1 cm³/mol. The van der Waals surface area contributed by atoms with Gasteiger partial charge >= 0.3 is 7.82 Å². The number of nitrogens with one attached hydrogen (secondary N) is 1. The molecule has 0 heterocycles. The third-order valence-corrected chi connectivity index (χ3v) is 2.20. The highest BCUT2D eigenvalue weighted by Crippen LogP contribution is 2.41. The van der Waals surface area contributed by atoms with Gasteiger partial charge in [0.15, 0.2) is 0 Å². The highest BCUT2D eigenvalue weighted by molar-refractivity contribution is 7.47. The summed E-state index contributed by atoms with van der Waals surface area (Å²) in [5.74, 6) is -0.131. The van der Waals surface area contributed by atoms with Gasteiger partial charge in [-0.3, -0.25) is 13.8 Å². The van der Waals surface area contributed by atoms with Crippen molar-refractivity contribution in [1.29, 1.82) is 0 Å². The lowest BCUT2D eigenvalue weighted by Crippen LogP contribution is -2.25. The van der Waals surface area contributed by atoms with Crippen LogP contribution in [0.2, 0.25) is 0 Å². The Hall–Kier alpha value is -0.420. The fourth-order valence-electron chi connectivity index (χ4n) is 0.529. The molecule has 13 heavy (non-hydrogen) atoms. The molecule has 1 atom stereocenters. The summed E-state index contributed by atoms with van der Waals surface area (Å²) in [5.41, 5.74) is 0. The van der Waals surface area contributed by atoms with Gasteiger partial charge in [0.25, 0.3) is 0 Å². The first-order valence-corrected chi connectivity index (χ1v) is 5.31. The van der Waals surface area contributed by atoms with Crippen LogP contribution in [0.25, 0.3) is 0 Å². The molecule has 7 heteroatoms. The van der Waals surface area contributed by atoms with E-state index in [-0.39, 0.29) is 19.1 Å². The van der Waals surface area contributed by atoms with Crippen LogP contribution in [0, 0.1) is 0 Å². The van der Waals surface area contributed by atoms with Crippen molar-refractivity contribution in [3.05, 3.63) is 0 Å². The first kappa shape index (κ1) is 12.6. The van der Waals surface area contributed by atoms with Crippen LogP contribution in [0.5, 0.6) is 0 Å². The zero-order valence-corrected chi connectivity index (χ0v) is 8.54. The average molecular weight is 211 g/mol. The molecule has 0 aromatic carbocycles. The van der Waals surface area contributed by atoms with Gasteiger partial charge in [0.2, 0.25) is 5.91 Å². The highest BCUT2D eigenvalue weighted by Gasteiger charge is 2.17. The van der Waals surface area contributed by atoms with Crippen molar-refractivity contribution < 1.29 is 23.3 Å². The Morgan fingerprint density at radius 2 is 2.23 bits per heavy atom. The fraction of sp³-hybridized carbons (Fsp3) is 0.833. The van der Waals surface area contributed by atoms with Crippen LogP contribution >= 0.6 is 7.82 Å². The topological polar surface area (TPSA) is 84.9 Å². The van der Waals surface area contributed by atoms with E-state index in [1.165, 1.54) is 0 Å². The van der Waals surface area contributed by atoms with E-state index in [9.17, 15) is 9.36 Å². The molecule has 6 nitrogen and oxygen atoms in total. The van der Waals surface area contributed by atoms with Crippen LogP contribution in [0.4, 0.5) is 0 Å². The van der Waals surface area contributed by atoms with Gasteiger partial charge in [0.05, 0.1) is 6.61 Å². The summed E-state index contributed by atoms with van der Waals surface area (Å²) in [6.45, 7) is 1.86. The maximum Gasteiger partial charge on any atom is 0.471 e. The van der Waals surface area contributed by atoms with E-state index < -0.39 is 7.82 Å². The molecule has 2 N–H and O–H groups in total.